The fourth-order valence-electron chi connectivity index (χ4n) is 7.19. The SMILES string of the molecule is CC(CN(C(=O)C1(C)C2CCC1CC2)c1ccccn1)N1CCN(c2cccc3[nH]ccc23)CC1. The highest BCUT2D eigenvalue weighted by molar-refractivity contribution is 5.97. The Kier molecular flexibility index (Phi) is 5.79. The molecule has 6 heteroatoms. The van der Waals surface area contributed by atoms with Crippen molar-refractivity contribution < 1.29 is 4.79 Å². The minimum atomic E-state index is -0.231. The summed E-state index contributed by atoms with van der Waals surface area (Å²) in [7, 11) is 0. The van der Waals surface area contributed by atoms with E-state index in [9.17, 15) is 4.79 Å². The standard InChI is InChI=1S/C29H37N5O/c1-21(32-16-18-33(19-17-32)26-7-5-6-25-24(26)13-15-30-25)20-34(27-8-3-4-14-31-27)28(35)29(2)22-9-10-23(29)12-11-22/h3-8,13-15,21-23,30H,9-12,16-20H2,1-2H3. The van der Waals surface area contributed by atoms with E-state index in [1.807, 2.05) is 35.5 Å². The van der Waals surface area contributed by atoms with Crippen LogP contribution in [0.1, 0.15) is 39.5 Å². The van der Waals surface area contributed by atoms with Gasteiger partial charge in [-0.25, -0.2) is 4.98 Å². The first-order valence-electron chi connectivity index (χ1n) is 13.3. The molecule has 0 radical (unpaired) electrons. The Morgan fingerprint density at radius 2 is 1.80 bits per heavy atom. The molecule has 2 aromatic heterocycles. The van der Waals surface area contributed by atoms with Crippen LogP contribution in [0.5, 0.6) is 0 Å². The summed E-state index contributed by atoms with van der Waals surface area (Å²) in [6.45, 7) is 9.19. The van der Waals surface area contributed by atoms with Gasteiger partial charge in [0.05, 0.1) is 5.41 Å². The molecule has 1 N–H and O–H groups in total. The molecule has 1 atom stereocenters. The smallest absolute Gasteiger partial charge is 0.234 e. The Hall–Kier alpha value is -2.86. The minimum Gasteiger partial charge on any atom is -0.368 e. The first kappa shape index (κ1) is 22.6. The molecule has 6 nitrogen and oxygen atoms in total. The van der Waals surface area contributed by atoms with Crippen molar-refractivity contribution in [2.24, 2.45) is 17.3 Å². The van der Waals surface area contributed by atoms with E-state index in [4.69, 9.17) is 0 Å². The van der Waals surface area contributed by atoms with Gasteiger partial charge in [-0.1, -0.05) is 19.1 Å². The number of rotatable bonds is 6. The van der Waals surface area contributed by atoms with Gasteiger partial charge in [-0.3, -0.25) is 14.6 Å². The fraction of sp³-hybridized carbons (Fsp3) is 0.517. The third-order valence-electron chi connectivity index (χ3n) is 9.35. The Balaban J connectivity index is 1.17. The molecule has 2 aliphatic carbocycles. The number of benzene rings is 1. The fourth-order valence-corrected chi connectivity index (χ4v) is 7.19. The number of H-pyrrole nitrogens is 1. The highest BCUT2D eigenvalue weighted by atomic mass is 16.2. The second-order valence-electron chi connectivity index (χ2n) is 11.0. The topological polar surface area (TPSA) is 55.5 Å². The number of pyridine rings is 1. The highest BCUT2D eigenvalue weighted by Crippen LogP contribution is 2.58. The molecule has 3 heterocycles. The lowest BCUT2D eigenvalue weighted by atomic mass is 9.78. The van der Waals surface area contributed by atoms with Crippen LogP contribution in [0, 0.1) is 17.3 Å². The molecule has 1 aliphatic heterocycles. The number of hydrogen-bond acceptors (Lipinski definition) is 4. The Labute approximate surface area is 208 Å². The number of nitrogens with one attached hydrogen (secondary N) is 1. The molecule has 1 aromatic carbocycles. The molecule has 35 heavy (non-hydrogen) atoms. The predicted octanol–water partition coefficient (Wildman–Crippen LogP) is 4.93. The van der Waals surface area contributed by atoms with Crippen LogP contribution in [0.4, 0.5) is 11.5 Å². The van der Waals surface area contributed by atoms with E-state index in [2.05, 4.69) is 57.9 Å². The van der Waals surface area contributed by atoms with Gasteiger partial charge < -0.3 is 9.88 Å². The number of amides is 1. The third-order valence-corrected chi connectivity index (χ3v) is 9.35. The molecule has 1 saturated heterocycles. The largest absolute Gasteiger partial charge is 0.368 e. The third kappa shape index (κ3) is 3.83. The van der Waals surface area contributed by atoms with E-state index in [1.54, 1.807) is 0 Å². The lowest BCUT2D eigenvalue weighted by Crippen LogP contribution is -2.55. The van der Waals surface area contributed by atoms with Gasteiger partial charge >= 0.3 is 0 Å². The van der Waals surface area contributed by atoms with Crippen LogP contribution in [-0.4, -0.2) is 59.5 Å². The maximum atomic E-state index is 14.1. The lowest BCUT2D eigenvalue weighted by molar-refractivity contribution is -0.130. The maximum Gasteiger partial charge on any atom is 0.234 e. The molecule has 3 fully saturated rings. The molecule has 1 amide bonds. The van der Waals surface area contributed by atoms with E-state index in [-0.39, 0.29) is 11.5 Å². The Morgan fingerprint density at radius 3 is 2.49 bits per heavy atom. The van der Waals surface area contributed by atoms with E-state index >= 15 is 0 Å². The van der Waals surface area contributed by atoms with E-state index < -0.39 is 0 Å². The number of aromatic amines is 1. The van der Waals surface area contributed by atoms with Gasteiger partial charge in [-0.15, -0.1) is 0 Å². The molecule has 2 saturated carbocycles. The number of anilines is 2. The number of carbonyl (C=O) groups excluding carboxylic acids is 1. The van der Waals surface area contributed by atoms with Gasteiger partial charge in [-0.05, 0) is 74.8 Å². The van der Waals surface area contributed by atoms with Crippen molar-refractivity contribution in [3.8, 4) is 0 Å². The molecule has 3 aliphatic rings. The number of carbonyl (C=O) groups is 1. The van der Waals surface area contributed by atoms with Crippen molar-refractivity contribution in [3.05, 3.63) is 54.9 Å². The van der Waals surface area contributed by atoms with Crippen LogP contribution in [-0.2, 0) is 4.79 Å². The number of nitrogens with zero attached hydrogens (tertiary/aromatic N) is 4. The zero-order valence-electron chi connectivity index (χ0n) is 21.0. The van der Waals surface area contributed by atoms with Crippen molar-refractivity contribution in [1.82, 2.24) is 14.9 Å². The van der Waals surface area contributed by atoms with Gasteiger partial charge in [0.15, 0.2) is 0 Å². The second kappa shape index (κ2) is 8.98. The normalized spacial score (nSPS) is 27.4. The number of hydrogen-bond donors (Lipinski definition) is 1. The summed E-state index contributed by atoms with van der Waals surface area (Å²) >= 11 is 0. The van der Waals surface area contributed by atoms with Gasteiger partial charge in [-0.2, -0.15) is 0 Å². The summed E-state index contributed by atoms with van der Waals surface area (Å²) in [5, 5.41) is 1.29. The van der Waals surface area contributed by atoms with Crippen LogP contribution in [0.2, 0.25) is 0 Å². The Bertz CT molecular complexity index is 1160. The quantitative estimate of drug-likeness (QED) is 0.554. The summed E-state index contributed by atoms with van der Waals surface area (Å²) in [4.78, 5) is 29.2. The van der Waals surface area contributed by atoms with Crippen LogP contribution in [0.15, 0.2) is 54.9 Å². The average Bonchev–Trinajstić information content (AvgIpc) is 3.61. The van der Waals surface area contributed by atoms with E-state index in [1.165, 1.54) is 42.3 Å². The molecule has 0 spiro atoms. The van der Waals surface area contributed by atoms with Crippen molar-refractivity contribution in [3.63, 3.8) is 0 Å². The van der Waals surface area contributed by atoms with Crippen LogP contribution in [0.3, 0.4) is 0 Å². The predicted molar refractivity (Wildman–Crippen MR) is 142 cm³/mol. The van der Waals surface area contributed by atoms with Crippen molar-refractivity contribution in [1.29, 1.82) is 0 Å². The zero-order chi connectivity index (χ0) is 24.0. The summed E-state index contributed by atoms with van der Waals surface area (Å²) in [5.74, 6) is 2.16. The van der Waals surface area contributed by atoms with Crippen molar-refractivity contribution in [2.45, 2.75) is 45.6 Å². The number of piperazine rings is 1. The minimum absolute atomic E-state index is 0.231. The second-order valence-corrected chi connectivity index (χ2v) is 11.0. The van der Waals surface area contributed by atoms with Crippen molar-refractivity contribution in [2.75, 3.05) is 42.5 Å². The maximum absolute atomic E-state index is 14.1. The average molecular weight is 472 g/mol. The number of fused-ring (bicyclic) bond motifs is 3. The van der Waals surface area contributed by atoms with Gasteiger partial charge in [0.2, 0.25) is 5.91 Å². The van der Waals surface area contributed by atoms with Gasteiger partial charge in [0, 0.05) is 67.7 Å². The van der Waals surface area contributed by atoms with E-state index in [0.29, 0.717) is 24.3 Å². The number of aromatic nitrogens is 2. The molecule has 1 unspecified atom stereocenters. The summed E-state index contributed by atoms with van der Waals surface area (Å²) in [6.07, 6.45) is 8.64. The van der Waals surface area contributed by atoms with Crippen molar-refractivity contribution >= 4 is 28.3 Å². The first-order valence-corrected chi connectivity index (χ1v) is 13.3. The van der Waals surface area contributed by atoms with E-state index in [0.717, 1.165) is 32.0 Å². The molecule has 184 valence electrons. The summed E-state index contributed by atoms with van der Waals surface area (Å²) < 4.78 is 0. The van der Waals surface area contributed by atoms with Crippen LogP contribution >= 0.6 is 0 Å². The van der Waals surface area contributed by atoms with Gasteiger partial charge in [0.25, 0.3) is 0 Å². The molecular weight excluding hydrogens is 434 g/mol. The highest BCUT2D eigenvalue weighted by Gasteiger charge is 2.57. The zero-order valence-corrected chi connectivity index (χ0v) is 21.0. The lowest BCUT2D eigenvalue weighted by Gasteiger charge is -2.42. The monoisotopic (exact) mass is 471 g/mol. The summed E-state index contributed by atoms with van der Waals surface area (Å²) in [6, 6.07) is 14.9. The van der Waals surface area contributed by atoms with Crippen LogP contribution in [0.25, 0.3) is 10.9 Å². The first-order chi connectivity index (χ1) is 17.1. The molecule has 2 bridgehead atoms. The summed E-state index contributed by atoms with van der Waals surface area (Å²) in [5.41, 5.74) is 2.27. The van der Waals surface area contributed by atoms with Gasteiger partial charge in [0.1, 0.15) is 5.82 Å². The Morgan fingerprint density at radius 1 is 1.06 bits per heavy atom. The molecule has 3 aromatic rings. The van der Waals surface area contributed by atoms with Crippen LogP contribution < -0.4 is 9.80 Å². The molecule has 6 rings (SSSR count). The molecular formula is C29H37N5O.